The first-order valence-corrected chi connectivity index (χ1v) is 7.98. The van der Waals surface area contributed by atoms with E-state index in [2.05, 4.69) is 10.0 Å². The highest BCUT2D eigenvalue weighted by molar-refractivity contribution is 7.94. The van der Waals surface area contributed by atoms with E-state index in [4.69, 9.17) is 0 Å². The van der Waals surface area contributed by atoms with Crippen LogP contribution in [0.2, 0.25) is 0 Å². The van der Waals surface area contributed by atoms with Gasteiger partial charge in [-0.1, -0.05) is 0 Å². The molecule has 0 saturated heterocycles. The van der Waals surface area contributed by atoms with E-state index in [1.54, 1.807) is 12.4 Å². The molecule has 2 N–H and O–H groups in total. The van der Waals surface area contributed by atoms with Gasteiger partial charge in [0.1, 0.15) is 15.8 Å². The highest BCUT2D eigenvalue weighted by atomic mass is 32.2. The molecule has 8 heteroatoms. The molecule has 0 aliphatic rings. The molecule has 1 aromatic heterocycles. The molecule has 0 amide bonds. The Morgan fingerprint density at radius 2 is 1.80 bits per heavy atom. The van der Waals surface area contributed by atoms with Gasteiger partial charge in [-0.3, -0.25) is 4.72 Å². The third-order valence-electron chi connectivity index (χ3n) is 2.39. The van der Waals surface area contributed by atoms with E-state index in [-0.39, 0.29) is 9.90 Å². The van der Waals surface area contributed by atoms with Crippen LogP contribution in [0.1, 0.15) is 5.56 Å². The lowest BCUT2D eigenvalue weighted by atomic mass is 10.3. The summed E-state index contributed by atoms with van der Waals surface area (Å²) in [7, 11) is -2.09. The zero-order chi connectivity index (χ0) is 14.8. The largest absolute Gasteiger partial charge is 0.316 e. The number of sulfonamides is 1. The van der Waals surface area contributed by atoms with Gasteiger partial charge in [0.2, 0.25) is 0 Å². The molecule has 0 atom stereocenters. The van der Waals surface area contributed by atoms with E-state index in [9.17, 15) is 17.2 Å². The van der Waals surface area contributed by atoms with Crippen molar-refractivity contribution in [2.24, 2.45) is 0 Å². The SMILES string of the molecule is CNCc1csc(S(=O)(=O)Nc2cc(F)cc(F)c2)c1. The average molecular weight is 318 g/mol. The molecule has 0 aliphatic heterocycles. The smallest absolute Gasteiger partial charge is 0.271 e. The van der Waals surface area contributed by atoms with Crippen LogP contribution in [0.3, 0.4) is 0 Å². The van der Waals surface area contributed by atoms with Crippen molar-refractivity contribution in [2.45, 2.75) is 10.8 Å². The fourth-order valence-corrected chi connectivity index (χ4v) is 3.86. The maximum atomic E-state index is 13.0. The van der Waals surface area contributed by atoms with Gasteiger partial charge in [0.15, 0.2) is 0 Å². The monoisotopic (exact) mass is 318 g/mol. The van der Waals surface area contributed by atoms with Crippen LogP contribution >= 0.6 is 11.3 Å². The third kappa shape index (κ3) is 3.53. The molecule has 0 saturated carbocycles. The van der Waals surface area contributed by atoms with E-state index in [1.807, 2.05) is 0 Å². The van der Waals surface area contributed by atoms with Gasteiger partial charge in [-0.05, 0) is 36.2 Å². The molecule has 0 bridgehead atoms. The average Bonchev–Trinajstić information content (AvgIpc) is 2.76. The molecular weight excluding hydrogens is 306 g/mol. The van der Waals surface area contributed by atoms with E-state index < -0.39 is 21.7 Å². The van der Waals surface area contributed by atoms with Crippen molar-refractivity contribution < 1.29 is 17.2 Å². The lowest BCUT2D eigenvalue weighted by molar-refractivity contribution is 0.584. The first-order valence-electron chi connectivity index (χ1n) is 5.61. The van der Waals surface area contributed by atoms with Gasteiger partial charge < -0.3 is 5.32 Å². The summed E-state index contributed by atoms with van der Waals surface area (Å²) in [5.41, 5.74) is 0.675. The van der Waals surface area contributed by atoms with Crippen molar-refractivity contribution in [1.29, 1.82) is 0 Å². The quantitative estimate of drug-likeness (QED) is 0.891. The summed E-state index contributed by atoms with van der Waals surface area (Å²) >= 11 is 1.05. The van der Waals surface area contributed by atoms with Gasteiger partial charge >= 0.3 is 0 Å². The Bertz CT molecular complexity index is 694. The summed E-state index contributed by atoms with van der Waals surface area (Å²) in [6, 6.07) is 4.03. The van der Waals surface area contributed by atoms with Crippen LogP contribution in [0.25, 0.3) is 0 Å². The molecule has 1 aromatic carbocycles. The van der Waals surface area contributed by atoms with Gasteiger partial charge in [-0.15, -0.1) is 11.3 Å². The lowest BCUT2D eigenvalue weighted by Gasteiger charge is -2.06. The molecule has 2 rings (SSSR count). The van der Waals surface area contributed by atoms with Crippen LogP contribution < -0.4 is 10.0 Å². The number of anilines is 1. The topological polar surface area (TPSA) is 58.2 Å². The van der Waals surface area contributed by atoms with Crippen molar-refractivity contribution in [1.82, 2.24) is 5.32 Å². The first kappa shape index (κ1) is 14.9. The Kier molecular flexibility index (Phi) is 4.36. The molecule has 0 fully saturated rings. The van der Waals surface area contributed by atoms with Gasteiger partial charge in [-0.2, -0.15) is 0 Å². The van der Waals surface area contributed by atoms with E-state index in [0.717, 1.165) is 29.0 Å². The Labute approximate surface area is 119 Å². The second-order valence-corrected chi connectivity index (χ2v) is 6.89. The molecular formula is C12H12F2N2O2S2. The first-order chi connectivity index (χ1) is 9.40. The van der Waals surface area contributed by atoms with Crippen molar-refractivity contribution in [3.8, 4) is 0 Å². The number of hydrogen-bond acceptors (Lipinski definition) is 4. The maximum Gasteiger partial charge on any atom is 0.271 e. The minimum absolute atomic E-state index is 0.0902. The minimum atomic E-state index is -3.84. The van der Waals surface area contributed by atoms with Gasteiger partial charge in [0.05, 0.1) is 5.69 Å². The molecule has 0 unspecified atom stereocenters. The highest BCUT2D eigenvalue weighted by Crippen LogP contribution is 2.23. The summed E-state index contributed by atoms with van der Waals surface area (Å²) in [6.45, 7) is 0.542. The highest BCUT2D eigenvalue weighted by Gasteiger charge is 2.17. The molecule has 20 heavy (non-hydrogen) atoms. The molecule has 1 heterocycles. The standard InChI is InChI=1S/C12H12F2N2O2S2/c1-15-6-8-2-12(19-7-8)20(17,18)16-11-4-9(13)3-10(14)5-11/h2-5,7,15-16H,6H2,1H3. The number of halogens is 2. The molecule has 0 aliphatic carbocycles. The zero-order valence-corrected chi connectivity index (χ0v) is 12.1. The maximum absolute atomic E-state index is 13.0. The minimum Gasteiger partial charge on any atom is -0.316 e. The predicted molar refractivity (Wildman–Crippen MR) is 74.2 cm³/mol. The molecule has 108 valence electrons. The third-order valence-corrected chi connectivity index (χ3v) is 5.26. The van der Waals surface area contributed by atoms with Gasteiger partial charge in [0.25, 0.3) is 10.0 Å². The van der Waals surface area contributed by atoms with Gasteiger partial charge in [-0.25, -0.2) is 17.2 Å². The molecule has 0 radical (unpaired) electrons. The lowest BCUT2D eigenvalue weighted by Crippen LogP contribution is -2.12. The van der Waals surface area contributed by atoms with Gasteiger partial charge in [0, 0.05) is 12.6 Å². The number of rotatable bonds is 5. The van der Waals surface area contributed by atoms with Crippen molar-refractivity contribution in [3.05, 3.63) is 46.8 Å². The normalized spacial score (nSPS) is 11.6. The van der Waals surface area contributed by atoms with E-state index >= 15 is 0 Å². The zero-order valence-electron chi connectivity index (χ0n) is 10.5. The van der Waals surface area contributed by atoms with Crippen LogP contribution in [0, 0.1) is 11.6 Å². The molecule has 0 spiro atoms. The Hall–Kier alpha value is -1.51. The summed E-state index contributed by atoms with van der Waals surface area (Å²) in [5.74, 6) is -1.69. The van der Waals surface area contributed by atoms with Crippen LogP contribution in [-0.4, -0.2) is 15.5 Å². The van der Waals surface area contributed by atoms with Crippen LogP contribution in [-0.2, 0) is 16.6 Å². The number of hydrogen-bond donors (Lipinski definition) is 2. The van der Waals surface area contributed by atoms with E-state index in [1.165, 1.54) is 6.07 Å². The molecule has 4 nitrogen and oxygen atoms in total. The second kappa shape index (κ2) is 5.86. The second-order valence-electron chi connectivity index (χ2n) is 4.07. The Morgan fingerprint density at radius 3 is 2.40 bits per heavy atom. The summed E-state index contributed by atoms with van der Waals surface area (Å²) < 4.78 is 52.5. The number of nitrogens with one attached hydrogen (secondary N) is 2. The van der Waals surface area contributed by atoms with Crippen molar-refractivity contribution in [2.75, 3.05) is 11.8 Å². The van der Waals surface area contributed by atoms with Crippen LogP contribution in [0.15, 0.2) is 33.9 Å². The van der Waals surface area contributed by atoms with Crippen LogP contribution in [0.4, 0.5) is 14.5 Å². The Morgan fingerprint density at radius 1 is 1.15 bits per heavy atom. The van der Waals surface area contributed by atoms with Crippen molar-refractivity contribution >= 4 is 27.0 Å². The number of benzene rings is 1. The number of thiophene rings is 1. The van der Waals surface area contributed by atoms with Crippen LogP contribution in [0.5, 0.6) is 0 Å². The summed E-state index contributed by atoms with van der Waals surface area (Å²) in [5, 5.41) is 4.61. The fraction of sp³-hybridized carbons (Fsp3) is 0.167. The van der Waals surface area contributed by atoms with Crippen molar-refractivity contribution in [3.63, 3.8) is 0 Å². The summed E-state index contributed by atoms with van der Waals surface area (Å²) in [4.78, 5) is 0. The fourth-order valence-electron chi connectivity index (χ4n) is 1.61. The summed E-state index contributed by atoms with van der Waals surface area (Å²) in [6.07, 6.45) is 0. The predicted octanol–water partition coefficient (Wildman–Crippen LogP) is 2.55. The van der Waals surface area contributed by atoms with E-state index in [0.29, 0.717) is 12.6 Å². The molecule has 2 aromatic rings. The Balaban J connectivity index is 2.25.